The van der Waals surface area contributed by atoms with Gasteiger partial charge in [0.15, 0.2) is 8.68 Å². The number of sulfonamides is 1. The summed E-state index contributed by atoms with van der Waals surface area (Å²) in [6.45, 7) is 3.34. The summed E-state index contributed by atoms with van der Waals surface area (Å²) in [4.78, 5) is 3.70. The maximum Gasteiger partial charge on any atom is 0.254 e. The number of aliphatic hydroxyl groups is 1. The number of thiazole rings is 1. The average molecular weight is 285 g/mol. The van der Waals surface area contributed by atoms with Gasteiger partial charge in [-0.1, -0.05) is 22.9 Å². The molecule has 0 bridgehead atoms. The van der Waals surface area contributed by atoms with Crippen LogP contribution in [-0.2, 0) is 10.0 Å². The van der Waals surface area contributed by atoms with Gasteiger partial charge in [-0.3, -0.25) is 0 Å². The zero-order valence-electron chi connectivity index (χ0n) is 8.92. The number of rotatable bonds is 5. The molecule has 0 atom stereocenters. The number of aliphatic hydroxyl groups excluding tert-OH is 1. The van der Waals surface area contributed by atoms with Crippen molar-refractivity contribution in [3.05, 3.63) is 10.7 Å². The predicted molar refractivity (Wildman–Crippen MR) is 63.2 cm³/mol. The van der Waals surface area contributed by atoms with E-state index in [2.05, 4.69) is 4.98 Å². The molecule has 92 valence electrons. The molecule has 1 N–H and O–H groups in total. The standard InChI is InChI=1S/C8H13ClN2O3S2/c1-6(2)11(3-4-12)16(13,14)7-5-10-8(9)15-7/h5-6,12H,3-4H2,1-2H3. The minimum absolute atomic E-state index is 0.0650. The third kappa shape index (κ3) is 2.92. The normalized spacial score (nSPS) is 12.6. The van der Waals surface area contributed by atoms with Crippen LogP contribution >= 0.6 is 22.9 Å². The first-order valence-electron chi connectivity index (χ1n) is 4.63. The summed E-state index contributed by atoms with van der Waals surface area (Å²) in [5, 5.41) is 8.86. The van der Waals surface area contributed by atoms with Crippen LogP contribution in [0.15, 0.2) is 10.4 Å². The third-order valence-corrected chi connectivity index (χ3v) is 5.54. The van der Waals surface area contributed by atoms with Crippen molar-refractivity contribution in [2.75, 3.05) is 13.2 Å². The minimum atomic E-state index is -3.60. The van der Waals surface area contributed by atoms with Gasteiger partial charge in [0, 0.05) is 12.6 Å². The van der Waals surface area contributed by atoms with Gasteiger partial charge in [0.1, 0.15) is 0 Å². The molecule has 16 heavy (non-hydrogen) atoms. The lowest BCUT2D eigenvalue weighted by Gasteiger charge is -2.23. The van der Waals surface area contributed by atoms with Gasteiger partial charge in [0.05, 0.1) is 12.8 Å². The second-order valence-electron chi connectivity index (χ2n) is 3.37. The van der Waals surface area contributed by atoms with Crippen LogP contribution in [0.2, 0.25) is 4.47 Å². The Morgan fingerprint density at radius 1 is 1.62 bits per heavy atom. The SMILES string of the molecule is CC(C)N(CCO)S(=O)(=O)c1cnc(Cl)s1. The predicted octanol–water partition coefficient (Wildman–Crippen LogP) is 1.19. The zero-order chi connectivity index (χ0) is 12.3. The fraction of sp³-hybridized carbons (Fsp3) is 0.625. The Labute approximate surface area is 104 Å². The maximum absolute atomic E-state index is 12.1. The zero-order valence-corrected chi connectivity index (χ0v) is 11.3. The van der Waals surface area contributed by atoms with E-state index in [1.54, 1.807) is 13.8 Å². The Hall–Kier alpha value is -0.210. The van der Waals surface area contributed by atoms with E-state index >= 15 is 0 Å². The highest BCUT2D eigenvalue weighted by atomic mass is 35.5. The molecule has 0 spiro atoms. The van der Waals surface area contributed by atoms with Gasteiger partial charge < -0.3 is 5.11 Å². The molecule has 5 nitrogen and oxygen atoms in total. The largest absolute Gasteiger partial charge is 0.395 e. The third-order valence-electron chi connectivity index (χ3n) is 1.92. The maximum atomic E-state index is 12.1. The van der Waals surface area contributed by atoms with Crippen LogP contribution in [0.1, 0.15) is 13.8 Å². The van der Waals surface area contributed by atoms with Crippen LogP contribution in [0.3, 0.4) is 0 Å². The Kier molecular flexibility index (Phi) is 4.69. The molecule has 0 fully saturated rings. The van der Waals surface area contributed by atoms with E-state index in [9.17, 15) is 8.42 Å². The molecule has 0 aliphatic heterocycles. The first kappa shape index (κ1) is 13.9. The molecule has 0 saturated carbocycles. The molecule has 0 aliphatic carbocycles. The lowest BCUT2D eigenvalue weighted by molar-refractivity contribution is 0.237. The van der Waals surface area contributed by atoms with Crippen molar-refractivity contribution in [2.24, 2.45) is 0 Å². The van der Waals surface area contributed by atoms with Crippen molar-refractivity contribution in [1.29, 1.82) is 0 Å². The summed E-state index contributed by atoms with van der Waals surface area (Å²) < 4.78 is 25.7. The van der Waals surface area contributed by atoms with E-state index in [1.165, 1.54) is 10.5 Å². The number of aromatic nitrogens is 1. The minimum Gasteiger partial charge on any atom is -0.395 e. The van der Waals surface area contributed by atoms with Gasteiger partial charge in [-0.25, -0.2) is 13.4 Å². The number of hydrogen-bond donors (Lipinski definition) is 1. The number of nitrogens with zero attached hydrogens (tertiary/aromatic N) is 2. The van der Waals surface area contributed by atoms with Crippen LogP contribution in [0.25, 0.3) is 0 Å². The fourth-order valence-electron chi connectivity index (χ4n) is 1.23. The molecule has 0 amide bonds. The van der Waals surface area contributed by atoms with E-state index in [4.69, 9.17) is 16.7 Å². The molecule has 1 aromatic rings. The van der Waals surface area contributed by atoms with Crippen LogP contribution in [0.4, 0.5) is 0 Å². The monoisotopic (exact) mass is 284 g/mol. The van der Waals surface area contributed by atoms with Crippen LogP contribution in [-0.4, -0.2) is 42.0 Å². The van der Waals surface area contributed by atoms with Crippen molar-refractivity contribution in [3.63, 3.8) is 0 Å². The van der Waals surface area contributed by atoms with Crippen molar-refractivity contribution in [1.82, 2.24) is 9.29 Å². The second-order valence-corrected chi connectivity index (χ2v) is 7.10. The lowest BCUT2D eigenvalue weighted by atomic mass is 10.4. The molecule has 1 rings (SSSR count). The lowest BCUT2D eigenvalue weighted by Crippen LogP contribution is -2.38. The molecule has 8 heteroatoms. The Morgan fingerprint density at radius 3 is 2.62 bits per heavy atom. The molecule has 1 aromatic heterocycles. The fourth-order valence-corrected chi connectivity index (χ4v) is 4.28. The molecule has 0 aliphatic rings. The molecule has 0 aromatic carbocycles. The van der Waals surface area contributed by atoms with Crippen molar-refractivity contribution in [2.45, 2.75) is 24.1 Å². The first-order chi connectivity index (χ1) is 7.39. The highest BCUT2D eigenvalue weighted by Crippen LogP contribution is 2.26. The van der Waals surface area contributed by atoms with Gasteiger partial charge in [-0.2, -0.15) is 4.31 Å². The Morgan fingerprint density at radius 2 is 2.25 bits per heavy atom. The molecule has 1 heterocycles. The summed E-state index contributed by atoms with van der Waals surface area (Å²) in [5.41, 5.74) is 0. The molecular formula is C8H13ClN2O3S2. The van der Waals surface area contributed by atoms with Gasteiger partial charge in [-0.15, -0.1) is 0 Å². The second kappa shape index (κ2) is 5.42. The van der Waals surface area contributed by atoms with E-state index in [0.717, 1.165) is 11.3 Å². The summed E-state index contributed by atoms with van der Waals surface area (Å²) >= 11 is 6.51. The van der Waals surface area contributed by atoms with Crippen LogP contribution in [0.5, 0.6) is 0 Å². The van der Waals surface area contributed by atoms with E-state index in [0.29, 0.717) is 0 Å². The van der Waals surface area contributed by atoms with Gasteiger partial charge in [-0.05, 0) is 13.8 Å². The summed E-state index contributed by atoms with van der Waals surface area (Å²) in [6.07, 6.45) is 1.23. The summed E-state index contributed by atoms with van der Waals surface area (Å²) in [5.74, 6) is 0. The Balaban J connectivity index is 3.08. The number of hydrogen-bond acceptors (Lipinski definition) is 5. The highest BCUT2D eigenvalue weighted by molar-refractivity contribution is 7.91. The smallest absolute Gasteiger partial charge is 0.254 e. The molecule has 0 radical (unpaired) electrons. The van der Waals surface area contributed by atoms with Crippen LogP contribution < -0.4 is 0 Å². The van der Waals surface area contributed by atoms with Gasteiger partial charge in [0.2, 0.25) is 0 Å². The van der Waals surface area contributed by atoms with Gasteiger partial charge in [0.25, 0.3) is 10.0 Å². The number of halogens is 1. The molecular weight excluding hydrogens is 272 g/mol. The average Bonchev–Trinajstić information content (AvgIpc) is 2.61. The van der Waals surface area contributed by atoms with E-state index in [-0.39, 0.29) is 27.9 Å². The van der Waals surface area contributed by atoms with E-state index in [1.807, 2.05) is 0 Å². The molecule has 0 saturated heterocycles. The first-order valence-corrected chi connectivity index (χ1v) is 7.27. The van der Waals surface area contributed by atoms with Crippen molar-refractivity contribution >= 4 is 33.0 Å². The summed E-state index contributed by atoms with van der Waals surface area (Å²) in [6, 6.07) is -0.224. The molecule has 0 unspecified atom stereocenters. The van der Waals surface area contributed by atoms with Crippen LogP contribution in [0, 0.1) is 0 Å². The Bertz CT molecular complexity index is 444. The van der Waals surface area contributed by atoms with Gasteiger partial charge >= 0.3 is 0 Å². The van der Waals surface area contributed by atoms with E-state index < -0.39 is 10.0 Å². The topological polar surface area (TPSA) is 70.5 Å². The van der Waals surface area contributed by atoms with Crippen molar-refractivity contribution in [3.8, 4) is 0 Å². The summed E-state index contributed by atoms with van der Waals surface area (Å²) in [7, 11) is -3.60. The quantitative estimate of drug-likeness (QED) is 0.882. The highest BCUT2D eigenvalue weighted by Gasteiger charge is 2.28. The van der Waals surface area contributed by atoms with Crippen molar-refractivity contribution < 1.29 is 13.5 Å².